The molecule has 0 saturated carbocycles. The van der Waals surface area contributed by atoms with E-state index in [0.29, 0.717) is 11.6 Å². The third-order valence-corrected chi connectivity index (χ3v) is 8.66. The number of nitrogens with one attached hydrogen (secondary N) is 3. The highest BCUT2D eigenvalue weighted by Gasteiger charge is 2.17. The van der Waals surface area contributed by atoms with Gasteiger partial charge in [0, 0.05) is 21.8 Å². The molecule has 0 spiro atoms. The van der Waals surface area contributed by atoms with Crippen LogP contribution in [-0.4, -0.2) is 47.2 Å². The predicted octanol–water partition coefficient (Wildman–Crippen LogP) is 5.56. The topological polar surface area (TPSA) is 189 Å². The minimum atomic E-state index is -3.69. The number of halogens is 1. The van der Waals surface area contributed by atoms with Crippen LogP contribution in [0.4, 0.5) is 11.9 Å². The lowest BCUT2D eigenvalue weighted by Gasteiger charge is -2.04. The van der Waals surface area contributed by atoms with E-state index in [9.17, 15) is 16.8 Å². The van der Waals surface area contributed by atoms with Gasteiger partial charge in [0.05, 0.1) is 9.79 Å². The molecule has 0 fully saturated rings. The van der Waals surface area contributed by atoms with Crippen LogP contribution in [0.15, 0.2) is 119 Å². The maximum atomic E-state index is 12.3. The number of nitrogens with two attached hydrogens (primary N) is 1. The molecule has 45 heavy (non-hydrogen) atoms. The zero-order valence-corrected chi connectivity index (χ0v) is 26.5. The van der Waals surface area contributed by atoms with E-state index in [0.717, 1.165) is 22.3 Å². The number of anilines is 2. The number of aromatic amines is 2. The monoisotopic (exact) mass is 664 g/mol. The van der Waals surface area contributed by atoms with Crippen LogP contribution in [0.3, 0.4) is 0 Å². The maximum Gasteiger partial charge on any atom is 0.264 e. The Kier molecular flexibility index (Phi) is 10.7. The third-order valence-electron chi connectivity index (χ3n) is 5.94. The first-order chi connectivity index (χ1) is 21.4. The van der Waals surface area contributed by atoms with Crippen LogP contribution in [-0.2, 0) is 19.1 Å². The van der Waals surface area contributed by atoms with Gasteiger partial charge in [0.15, 0.2) is 11.6 Å². The van der Waals surface area contributed by atoms with Crippen molar-refractivity contribution < 1.29 is 16.8 Å². The summed E-state index contributed by atoms with van der Waals surface area (Å²) < 4.78 is 48.3. The molecule has 0 aliphatic carbocycles. The van der Waals surface area contributed by atoms with E-state index in [4.69, 9.17) is 16.4 Å². The highest BCUT2D eigenvalue weighted by atomic mass is 35.7. The van der Waals surface area contributed by atoms with Crippen molar-refractivity contribution in [2.24, 2.45) is 0 Å². The first-order valence-corrected chi connectivity index (χ1v) is 17.0. The second-order valence-corrected chi connectivity index (χ2v) is 13.7. The molecule has 0 aliphatic rings. The summed E-state index contributed by atoms with van der Waals surface area (Å²) in [5, 5.41) is 13.1. The number of hydrogen-bond donors (Lipinski definition) is 4. The number of aromatic nitrogens is 6. The minimum Gasteiger partial charge on any atom is -0.366 e. The van der Waals surface area contributed by atoms with Crippen molar-refractivity contribution in [3.63, 3.8) is 0 Å². The number of nitrogen functional groups attached to an aromatic ring is 1. The van der Waals surface area contributed by atoms with Gasteiger partial charge in [-0.05, 0) is 38.1 Å². The average Bonchev–Trinajstić information content (AvgIpc) is 3.67. The summed E-state index contributed by atoms with van der Waals surface area (Å²) >= 11 is 0. The SMILES string of the molecule is Cc1ccc(S(=O)(=O)Cl)cc1.Cc1ccc(S(=O)(=O)Nc2n[nH]c(-c3ccccc3)n2)cc1.Nc1n[nH]c(-c2ccccc2)n1. The van der Waals surface area contributed by atoms with Crippen molar-refractivity contribution in [1.82, 2.24) is 30.4 Å². The van der Waals surface area contributed by atoms with Crippen LogP contribution in [0, 0.1) is 13.8 Å². The smallest absolute Gasteiger partial charge is 0.264 e. The highest BCUT2D eigenvalue weighted by molar-refractivity contribution is 8.13. The number of rotatable bonds is 6. The standard InChI is InChI=1S/C15H14N4O2S.C8H8N4.C7H7ClO2S/c1-11-7-9-13(10-8-11)22(20,21)19-15-16-14(17-18-15)12-5-3-2-4-6-12;9-8-10-7(11-12-8)6-4-2-1-3-5-6;1-6-2-4-7(5-3-6)11(8,9)10/h2-10H,1H3,(H2,16,17,18,19);1-5H,(H3,9,10,11,12);2-5H,1H3. The van der Waals surface area contributed by atoms with Gasteiger partial charge in [-0.25, -0.2) is 21.6 Å². The molecular formula is C30H29ClN8O4S2. The van der Waals surface area contributed by atoms with Crippen molar-refractivity contribution in [3.8, 4) is 22.8 Å². The van der Waals surface area contributed by atoms with Crippen LogP contribution in [0.5, 0.6) is 0 Å². The molecule has 6 aromatic rings. The number of H-pyrrole nitrogens is 2. The zero-order valence-electron chi connectivity index (χ0n) is 24.1. The average molecular weight is 665 g/mol. The second-order valence-electron chi connectivity index (χ2n) is 9.45. The molecule has 0 atom stereocenters. The first-order valence-electron chi connectivity index (χ1n) is 13.2. The van der Waals surface area contributed by atoms with Crippen LogP contribution in [0.2, 0.25) is 0 Å². The lowest BCUT2D eigenvalue weighted by Crippen LogP contribution is -2.13. The fourth-order valence-electron chi connectivity index (χ4n) is 3.63. The molecule has 4 aromatic carbocycles. The number of benzene rings is 4. The van der Waals surface area contributed by atoms with Crippen molar-refractivity contribution in [2.75, 3.05) is 10.5 Å². The minimum absolute atomic E-state index is 0.0134. The van der Waals surface area contributed by atoms with Crippen molar-refractivity contribution >= 4 is 41.7 Å². The molecule has 0 aliphatic heterocycles. The van der Waals surface area contributed by atoms with E-state index in [1.54, 1.807) is 36.4 Å². The number of nitrogens with zero attached hydrogens (tertiary/aromatic N) is 4. The van der Waals surface area contributed by atoms with Gasteiger partial charge in [-0.2, -0.15) is 9.97 Å². The van der Waals surface area contributed by atoms with E-state index in [1.165, 1.54) is 12.1 Å². The summed E-state index contributed by atoms with van der Waals surface area (Å²) in [6.45, 7) is 3.77. The summed E-state index contributed by atoms with van der Waals surface area (Å²) in [5.41, 5.74) is 9.18. The molecule has 5 N–H and O–H groups in total. The van der Waals surface area contributed by atoms with Gasteiger partial charge in [0.2, 0.25) is 5.95 Å². The lowest BCUT2D eigenvalue weighted by atomic mass is 10.2. The second kappa shape index (κ2) is 14.6. The Balaban J connectivity index is 0.000000169. The summed E-state index contributed by atoms with van der Waals surface area (Å²) in [6.07, 6.45) is 0. The summed E-state index contributed by atoms with van der Waals surface area (Å²) in [5.74, 6) is 1.49. The Morgan fingerprint density at radius 1 is 0.622 bits per heavy atom. The van der Waals surface area contributed by atoms with E-state index >= 15 is 0 Å². The largest absolute Gasteiger partial charge is 0.366 e. The molecule has 2 aromatic heterocycles. The van der Waals surface area contributed by atoms with Gasteiger partial charge < -0.3 is 5.73 Å². The third kappa shape index (κ3) is 9.72. The van der Waals surface area contributed by atoms with E-state index in [2.05, 4.69) is 35.1 Å². The van der Waals surface area contributed by atoms with Crippen LogP contribution in [0.1, 0.15) is 11.1 Å². The quantitative estimate of drug-likeness (QED) is 0.165. The predicted molar refractivity (Wildman–Crippen MR) is 174 cm³/mol. The molecule has 0 radical (unpaired) electrons. The van der Waals surface area contributed by atoms with Gasteiger partial charge >= 0.3 is 0 Å². The van der Waals surface area contributed by atoms with Crippen molar-refractivity contribution in [3.05, 3.63) is 120 Å². The van der Waals surface area contributed by atoms with Gasteiger partial charge in [-0.1, -0.05) is 96.1 Å². The maximum absolute atomic E-state index is 12.3. The van der Waals surface area contributed by atoms with Crippen LogP contribution in [0.25, 0.3) is 22.8 Å². The van der Waals surface area contributed by atoms with E-state index < -0.39 is 19.1 Å². The molecule has 15 heteroatoms. The molecular weight excluding hydrogens is 636 g/mol. The Morgan fingerprint density at radius 3 is 1.51 bits per heavy atom. The van der Waals surface area contributed by atoms with Crippen LogP contribution < -0.4 is 10.5 Å². The molecule has 6 rings (SSSR count). The van der Waals surface area contributed by atoms with E-state index in [-0.39, 0.29) is 21.7 Å². The Labute approximate surface area is 265 Å². The number of aryl methyl sites for hydroxylation is 2. The Bertz CT molecular complexity index is 2030. The Hall–Kier alpha value is -5.05. The molecule has 0 unspecified atom stereocenters. The van der Waals surface area contributed by atoms with Gasteiger partial charge in [-0.15, -0.1) is 10.2 Å². The number of sulfonamides is 1. The lowest BCUT2D eigenvalue weighted by molar-refractivity contribution is 0.600. The fourth-order valence-corrected chi connectivity index (χ4v) is 5.34. The van der Waals surface area contributed by atoms with Gasteiger partial charge in [0.1, 0.15) is 0 Å². The molecule has 232 valence electrons. The van der Waals surface area contributed by atoms with Crippen LogP contribution >= 0.6 is 10.7 Å². The van der Waals surface area contributed by atoms with Crippen molar-refractivity contribution in [1.29, 1.82) is 0 Å². The molecule has 0 bridgehead atoms. The Morgan fingerprint density at radius 2 is 1.07 bits per heavy atom. The summed E-state index contributed by atoms with van der Waals surface area (Å²) in [7, 11) is -2.16. The molecule has 0 saturated heterocycles. The van der Waals surface area contributed by atoms with Gasteiger partial charge in [-0.3, -0.25) is 10.2 Å². The summed E-state index contributed by atoms with van der Waals surface area (Å²) in [6, 6.07) is 32.0. The molecule has 12 nitrogen and oxygen atoms in total. The fraction of sp³-hybridized carbons (Fsp3) is 0.0667. The van der Waals surface area contributed by atoms with Gasteiger partial charge in [0.25, 0.3) is 25.0 Å². The molecule has 2 heterocycles. The van der Waals surface area contributed by atoms with Crippen molar-refractivity contribution in [2.45, 2.75) is 23.6 Å². The normalized spacial score (nSPS) is 11.0. The summed E-state index contributed by atoms with van der Waals surface area (Å²) in [4.78, 5) is 8.46. The van der Waals surface area contributed by atoms with E-state index in [1.807, 2.05) is 74.5 Å². The zero-order chi connectivity index (χ0) is 32.5. The first kappa shape index (κ1) is 32.9. The molecule has 0 amide bonds. The highest BCUT2D eigenvalue weighted by Crippen LogP contribution is 2.18. The number of hydrogen-bond acceptors (Lipinski definition) is 9.